The highest BCUT2D eigenvalue weighted by molar-refractivity contribution is 6.46. The summed E-state index contributed by atoms with van der Waals surface area (Å²) in [6.07, 6.45) is 7.31. The second-order valence-electron chi connectivity index (χ2n) is 8.50. The summed E-state index contributed by atoms with van der Waals surface area (Å²) in [4.78, 5) is 31.6. The van der Waals surface area contributed by atoms with Crippen molar-refractivity contribution in [3.05, 3.63) is 106 Å². The van der Waals surface area contributed by atoms with Gasteiger partial charge in [-0.2, -0.15) is 0 Å². The Morgan fingerprint density at radius 1 is 1.03 bits per heavy atom. The minimum atomic E-state index is -1.04. The molecule has 0 radical (unpaired) electrons. The SMILES string of the molecule is O=C1C(=O)N(Cc2cccnc2)C(c2ccccc2F)/C1=C(\O)c1ccc2c(c1)CCCC2. The van der Waals surface area contributed by atoms with E-state index in [9.17, 15) is 19.1 Å². The third-order valence-corrected chi connectivity index (χ3v) is 6.44. The Bertz CT molecular complexity index is 1270. The molecule has 166 valence electrons. The Kier molecular flexibility index (Phi) is 5.50. The lowest BCUT2D eigenvalue weighted by Gasteiger charge is -2.25. The molecule has 1 aromatic heterocycles. The van der Waals surface area contributed by atoms with Crippen LogP contribution in [0.4, 0.5) is 4.39 Å². The Hall–Kier alpha value is -3.80. The fraction of sp³-hybridized carbons (Fsp3) is 0.222. The number of amides is 1. The second-order valence-corrected chi connectivity index (χ2v) is 8.50. The first-order valence-electron chi connectivity index (χ1n) is 11.1. The van der Waals surface area contributed by atoms with Crippen LogP contribution in [-0.4, -0.2) is 26.7 Å². The van der Waals surface area contributed by atoms with Crippen LogP contribution in [0.2, 0.25) is 0 Å². The number of rotatable bonds is 4. The molecule has 0 bridgehead atoms. The quantitative estimate of drug-likeness (QED) is 0.361. The molecule has 2 aliphatic rings. The largest absolute Gasteiger partial charge is 0.507 e. The average Bonchev–Trinajstić information content (AvgIpc) is 3.09. The maximum Gasteiger partial charge on any atom is 0.295 e. The van der Waals surface area contributed by atoms with Gasteiger partial charge in [0.15, 0.2) is 0 Å². The van der Waals surface area contributed by atoms with Crippen LogP contribution in [0.15, 0.2) is 72.6 Å². The van der Waals surface area contributed by atoms with E-state index >= 15 is 0 Å². The lowest BCUT2D eigenvalue weighted by molar-refractivity contribution is -0.140. The molecule has 1 N–H and O–H groups in total. The van der Waals surface area contributed by atoms with Crippen LogP contribution in [0.3, 0.4) is 0 Å². The Balaban J connectivity index is 1.65. The van der Waals surface area contributed by atoms with Crippen LogP contribution in [0.5, 0.6) is 0 Å². The number of hydrogen-bond acceptors (Lipinski definition) is 4. The van der Waals surface area contributed by atoms with Crippen LogP contribution in [0.1, 0.15) is 46.7 Å². The molecule has 5 nitrogen and oxygen atoms in total. The van der Waals surface area contributed by atoms with Crippen LogP contribution in [-0.2, 0) is 29.0 Å². The molecule has 0 saturated carbocycles. The molecular formula is C27H23FN2O3. The topological polar surface area (TPSA) is 70.5 Å². The molecular weight excluding hydrogens is 419 g/mol. The fourth-order valence-corrected chi connectivity index (χ4v) is 4.79. The number of ketones is 1. The number of aryl methyl sites for hydroxylation is 2. The minimum absolute atomic E-state index is 0.0678. The summed E-state index contributed by atoms with van der Waals surface area (Å²) in [6, 6.07) is 14.1. The third kappa shape index (κ3) is 3.82. The summed E-state index contributed by atoms with van der Waals surface area (Å²) >= 11 is 0. The summed E-state index contributed by atoms with van der Waals surface area (Å²) in [6.45, 7) is 0.0678. The van der Waals surface area contributed by atoms with Crippen molar-refractivity contribution >= 4 is 17.4 Å². The van der Waals surface area contributed by atoms with E-state index in [1.54, 1.807) is 48.8 Å². The zero-order valence-electron chi connectivity index (χ0n) is 18.0. The first-order valence-corrected chi connectivity index (χ1v) is 11.1. The van der Waals surface area contributed by atoms with Gasteiger partial charge < -0.3 is 10.0 Å². The van der Waals surface area contributed by atoms with Gasteiger partial charge in [0.2, 0.25) is 0 Å². The lowest BCUT2D eigenvalue weighted by atomic mass is 9.88. The number of carbonyl (C=O) groups excluding carboxylic acids is 2. The van der Waals surface area contributed by atoms with Crippen molar-refractivity contribution < 1.29 is 19.1 Å². The summed E-state index contributed by atoms with van der Waals surface area (Å²) in [5, 5.41) is 11.3. The predicted octanol–water partition coefficient (Wildman–Crippen LogP) is 4.72. The molecule has 0 spiro atoms. The molecule has 2 aromatic carbocycles. The van der Waals surface area contributed by atoms with Crippen molar-refractivity contribution in [1.82, 2.24) is 9.88 Å². The maximum absolute atomic E-state index is 14.9. The van der Waals surface area contributed by atoms with Crippen LogP contribution in [0, 0.1) is 5.82 Å². The van der Waals surface area contributed by atoms with Crippen molar-refractivity contribution in [2.45, 2.75) is 38.3 Å². The van der Waals surface area contributed by atoms with Gasteiger partial charge in [0.05, 0.1) is 11.6 Å². The molecule has 1 atom stereocenters. The number of aromatic nitrogens is 1. The van der Waals surface area contributed by atoms with Gasteiger partial charge in [-0.1, -0.05) is 36.4 Å². The number of likely N-dealkylation sites (tertiary alicyclic amines) is 1. The fourth-order valence-electron chi connectivity index (χ4n) is 4.79. The van der Waals surface area contributed by atoms with Gasteiger partial charge in [-0.05, 0) is 60.6 Å². The Labute approximate surface area is 191 Å². The van der Waals surface area contributed by atoms with Crippen molar-refractivity contribution in [3.8, 4) is 0 Å². The number of nitrogens with zero attached hydrogens (tertiary/aromatic N) is 2. The summed E-state index contributed by atoms with van der Waals surface area (Å²) in [5.74, 6) is -2.41. The van der Waals surface area contributed by atoms with Gasteiger partial charge in [-0.15, -0.1) is 0 Å². The molecule has 1 fully saturated rings. The Morgan fingerprint density at radius 2 is 1.82 bits per heavy atom. The molecule has 1 aliphatic heterocycles. The molecule has 5 rings (SSSR count). The summed E-state index contributed by atoms with van der Waals surface area (Å²) < 4.78 is 14.9. The van der Waals surface area contributed by atoms with Crippen LogP contribution in [0.25, 0.3) is 5.76 Å². The van der Waals surface area contributed by atoms with Gasteiger partial charge in [0.1, 0.15) is 11.6 Å². The summed E-state index contributed by atoms with van der Waals surface area (Å²) in [5.41, 5.74) is 3.62. The van der Waals surface area contributed by atoms with E-state index in [1.807, 2.05) is 12.1 Å². The van der Waals surface area contributed by atoms with E-state index in [0.717, 1.165) is 31.2 Å². The number of benzene rings is 2. The smallest absolute Gasteiger partial charge is 0.295 e. The van der Waals surface area contributed by atoms with Crippen LogP contribution >= 0.6 is 0 Å². The molecule has 2 heterocycles. The first-order chi connectivity index (χ1) is 16.0. The second kappa shape index (κ2) is 8.62. The van der Waals surface area contributed by atoms with E-state index in [1.165, 1.54) is 16.5 Å². The number of fused-ring (bicyclic) bond motifs is 1. The minimum Gasteiger partial charge on any atom is -0.507 e. The van der Waals surface area contributed by atoms with E-state index in [2.05, 4.69) is 4.98 Å². The van der Waals surface area contributed by atoms with Gasteiger partial charge in [-0.3, -0.25) is 14.6 Å². The number of aliphatic hydroxyl groups excluding tert-OH is 1. The first kappa shape index (κ1) is 21.1. The molecule has 1 aliphatic carbocycles. The van der Waals surface area contributed by atoms with Crippen molar-refractivity contribution in [2.24, 2.45) is 0 Å². The molecule has 3 aromatic rings. The third-order valence-electron chi connectivity index (χ3n) is 6.44. The van der Waals surface area contributed by atoms with E-state index in [4.69, 9.17) is 0 Å². The maximum atomic E-state index is 14.9. The van der Waals surface area contributed by atoms with Gasteiger partial charge in [0.25, 0.3) is 11.7 Å². The van der Waals surface area contributed by atoms with Crippen molar-refractivity contribution in [3.63, 3.8) is 0 Å². The molecule has 1 amide bonds. The van der Waals surface area contributed by atoms with E-state index in [0.29, 0.717) is 11.1 Å². The predicted molar refractivity (Wildman–Crippen MR) is 122 cm³/mol. The van der Waals surface area contributed by atoms with E-state index < -0.39 is 23.5 Å². The number of hydrogen-bond donors (Lipinski definition) is 1. The number of pyridine rings is 1. The summed E-state index contributed by atoms with van der Waals surface area (Å²) in [7, 11) is 0. The normalized spacial score (nSPS) is 19.5. The Morgan fingerprint density at radius 3 is 2.58 bits per heavy atom. The highest BCUT2D eigenvalue weighted by Gasteiger charge is 2.47. The zero-order valence-corrected chi connectivity index (χ0v) is 18.0. The highest BCUT2D eigenvalue weighted by Crippen LogP contribution is 2.41. The molecule has 1 saturated heterocycles. The van der Waals surface area contributed by atoms with Gasteiger partial charge >= 0.3 is 0 Å². The van der Waals surface area contributed by atoms with Crippen molar-refractivity contribution in [2.75, 3.05) is 0 Å². The van der Waals surface area contributed by atoms with Crippen molar-refractivity contribution in [1.29, 1.82) is 0 Å². The van der Waals surface area contributed by atoms with Gasteiger partial charge in [0, 0.05) is 30.1 Å². The molecule has 33 heavy (non-hydrogen) atoms. The number of Topliss-reactive ketones (excluding diaryl/α,β-unsaturated/α-hetero) is 1. The van der Waals surface area contributed by atoms with Crippen LogP contribution < -0.4 is 0 Å². The van der Waals surface area contributed by atoms with Gasteiger partial charge in [-0.25, -0.2) is 4.39 Å². The standard InChI is InChI=1S/C27H23FN2O3/c28-22-10-4-3-9-21(22)24-23(25(31)20-12-11-18-7-1-2-8-19(18)14-20)26(32)27(33)30(24)16-17-6-5-13-29-15-17/h3-6,9-15,24,31H,1-2,7-8,16H2/b25-23+. The number of halogens is 1. The molecule has 1 unspecified atom stereocenters. The van der Waals surface area contributed by atoms with E-state index in [-0.39, 0.29) is 23.4 Å². The number of aliphatic hydroxyl groups is 1. The number of carbonyl (C=O) groups is 2. The molecule has 6 heteroatoms. The monoisotopic (exact) mass is 442 g/mol. The zero-order chi connectivity index (χ0) is 22.9. The average molecular weight is 442 g/mol. The highest BCUT2D eigenvalue weighted by atomic mass is 19.1. The lowest BCUT2D eigenvalue weighted by Crippen LogP contribution is -2.29.